The van der Waals surface area contributed by atoms with Gasteiger partial charge < -0.3 is 5.32 Å². The van der Waals surface area contributed by atoms with E-state index in [9.17, 15) is 0 Å². The highest BCUT2D eigenvalue weighted by molar-refractivity contribution is 7.16. The molecule has 1 N–H and O–H groups in total. The largest absolute Gasteiger partial charge is 0.314 e. The van der Waals surface area contributed by atoms with Gasteiger partial charge in [0.2, 0.25) is 0 Å². The van der Waals surface area contributed by atoms with Crippen molar-refractivity contribution in [1.29, 1.82) is 0 Å². The second-order valence-corrected chi connectivity index (χ2v) is 7.67. The fourth-order valence-electron chi connectivity index (χ4n) is 3.29. The number of nitrogens with one attached hydrogen (secondary N) is 1. The SMILES string of the molecule is Clc1ccc(CCNC2CCCC(C3CC3)C2)s1. The summed E-state index contributed by atoms with van der Waals surface area (Å²) in [6.07, 6.45) is 9.87. The molecule has 2 unspecified atom stereocenters. The topological polar surface area (TPSA) is 12.0 Å². The van der Waals surface area contributed by atoms with Crippen LogP contribution in [0.25, 0.3) is 0 Å². The van der Waals surface area contributed by atoms with E-state index in [-0.39, 0.29) is 0 Å². The average molecular weight is 284 g/mol. The van der Waals surface area contributed by atoms with Gasteiger partial charge in [0.15, 0.2) is 0 Å². The Bertz CT molecular complexity index is 386. The van der Waals surface area contributed by atoms with Gasteiger partial charge in [0.05, 0.1) is 4.34 Å². The predicted octanol–water partition coefficient (Wildman–Crippen LogP) is 4.50. The van der Waals surface area contributed by atoms with Crippen LogP contribution in [0.1, 0.15) is 43.4 Å². The normalized spacial score (nSPS) is 28.5. The van der Waals surface area contributed by atoms with Crippen LogP contribution in [-0.4, -0.2) is 12.6 Å². The standard InChI is InChI=1S/C15H22ClNS/c16-15-7-6-14(18-15)8-9-17-13-3-1-2-12(10-13)11-4-5-11/h6-7,11-13,17H,1-5,8-10H2. The molecule has 1 nitrogen and oxygen atoms in total. The summed E-state index contributed by atoms with van der Waals surface area (Å²) in [5.74, 6) is 2.12. The minimum absolute atomic E-state index is 0.778. The highest BCUT2D eigenvalue weighted by atomic mass is 35.5. The first-order valence-corrected chi connectivity index (χ1v) is 8.48. The third kappa shape index (κ3) is 3.49. The molecule has 1 aromatic rings. The number of rotatable bonds is 5. The van der Waals surface area contributed by atoms with E-state index in [1.54, 1.807) is 11.3 Å². The van der Waals surface area contributed by atoms with Crippen molar-refractivity contribution in [3.05, 3.63) is 21.3 Å². The quantitative estimate of drug-likeness (QED) is 0.839. The van der Waals surface area contributed by atoms with E-state index in [0.717, 1.165) is 35.2 Å². The van der Waals surface area contributed by atoms with Crippen LogP contribution >= 0.6 is 22.9 Å². The van der Waals surface area contributed by atoms with Crippen molar-refractivity contribution in [2.45, 2.75) is 51.0 Å². The molecule has 100 valence electrons. The van der Waals surface area contributed by atoms with E-state index in [1.165, 1.54) is 43.4 Å². The van der Waals surface area contributed by atoms with Crippen molar-refractivity contribution in [1.82, 2.24) is 5.32 Å². The molecule has 3 rings (SSSR count). The summed E-state index contributed by atoms with van der Waals surface area (Å²) >= 11 is 7.66. The lowest BCUT2D eigenvalue weighted by molar-refractivity contribution is 0.262. The van der Waals surface area contributed by atoms with Gasteiger partial charge in [-0.2, -0.15) is 0 Å². The molecule has 3 heteroatoms. The van der Waals surface area contributed by atoms with Gasteiger partial charge in [-0.3, -0.25) is 0 Å². The summed E-state index contributed by atoms with van der Waals surface area (Å²) in [5.41, 5.74) is 0. The van der Waals surface area contributed by atoms with Crippen molar-refractivity contribution < 1.29 is 0 Å². The van der Waals surface area contributed by atoms with Crippen molar-refractivity contribution >= 4 is 22.9 Å². The van der Waals surface area contributed by atoms with Crippen molar-refractivity contribution in [3.63, 3.8) is 0 Å². The lowest BCUT2D eigenvalue weighted by Gasteiger charge is -2.30. The lowest BCUT2D eigenvalue weighted by atomic mass is 9.83. The first-order valence-electron chi connectivity index (χ1n) is 7.29. The fourth-order valence-corrected chi connectivity index (χ4v) is 4.38. The van der Waals surface area contributed by atoms with Gasteiger partial charge in [0.25, 0.3) is 0 Å². The Hall–Kier alpha value is -0.0500. The molecular weight excluding hydrogens is 262 g/mol. The summed E-state index contributed by atoms with van der Waals surface area (Å²) < 4.78 is 0.913. The van der Waals surface area contributed by atoms with Crippen LogP contribution in [0.3, 0.4) is 0 Å². The number of halogens is 1. The van der Waals surface area contributed by atoms with Gasteiger partial charge in [0.1, 0.15) is 0 Å². The monoisotopic (exact) mass is 283 g/mol. The van der Waals surface area contributed by atoms with Crippen LogP contribution in [0.4, 0.5) is 0 Å². The molecular formula is C15H22ClNS. The van der Waals surface area contributed by atoms with Crippen molar-refractivity contribution in [3.8, 4) is 0 Å². The van der Waals surface area contributed by atoms with E-state index in [1.807, 2.05) is 6.07 Å². The van der Waals surface area contributed by atoms with Crippen LogP contribution < -0.4 is 5.32 Å². The van der Waals surface area contributed by atoms with Gasteiger partial charge in [-0.15, -0.1) is 11.3 Å². The molecule has 18 heavy (non-hydrogen) atoms. The summed E-state index contributed by atoms with van der Waals surface area (Å²) in [4.78, 5) is 1.40. The molecule has 2 aliphatic rings. The van der Waals surface area contributed by atoms with Crippen molar-refractivity contribution in [2.24, 2.45) is 11.8 Å². The maximum absolute atomic E-state index is 5.95. The van der Waals surface area contributed by atoms with Crippen LogP contribution in [0.5, 0.6) is 0 Å². The Kier molecular flexibility index (Phi) is 4.27. The number of thiophene rings is 1. The van der Waals surface area contributed by atoms with E-state index in [2.05, 4.69) is 11.4 Å². The summed E-state index contributed by atoms with van der Waals surface area (Å²) in [5, 5.41) is 3.76. The van der Waals surface area contributed by atoms with Gasteiger partial charge >= 0.3 is 0 Å². The first kappa shape index (κ1) is 13.0. The summed E-state index contributed by atoms with van der Waals surface area (Å²) in [7, 11) is 0. The maximum Gasteiger partial charge on any atom is 0.0931 e. The van der Waals surface area contributed by atoms with E-state index >= 15 is 0 Å². The van der Waals surface area contributed by atoms with Crippen molar-refractivity contribution in [2.75, 3.05) is 6.54 Å². The third-order valence-corrected chi connectivity index (χ3v) is 5.73. The molecule has 2 atom stereocenters. The predicted molar refractivity (Wildman–Crippen MR) is 79.5 cm³/mol. The van der Waals surface area contributed by atoms with Gasteiger partial charge in [-0.25, -0.2) is 0 Å². The molecule has 0 aromatic carbocycles. The molecule has 0 bridgehead atoms. The second kappa shape index (κ2) is 5.94. The minimum Gasteiger partial charge on any atom is -0.314 e. The van der Waals surface area contributed by atoms with Crippen LogP contribution in [-0.2, 0) is 6.42 Å². The fraction of sp³-hybridized carbons (Fsp3) is 0.733. The molecule has 2 aliphatic carbocycles. The average Bonchev–Trinajstić information content (AvgIpc) is 3.14. The number of hydrogen-bond acceptors (Lipinski definition) is 2. The lowest BCUT2D eigenvalue weighted by Crippen LogP contribution is -2.35. The van der Waals surface area contributed by atoms with E-state index in [0.29, 0.717) is 0 Å². The van der Waals surface area contributed by atoms with Crippen LogP contribution in [0.2, 0.25) is 4.34 Å². The maximum atomic E-state index is 5.95. The Morgan fingerprint density at radius 1 is 1.17 bits per heavy atom. The highest BCUT2D eigenvalue weighted by Crippen LogP contribution is 2.43. The zero-order valence-corrected chi connectivity index (χ0v) is 12.4. The van der Waals surface area contributed by atoms with Gasteiger partial charge in [-0.05, 0) is 56.1 Å². The first-order chi connectivity index (χ1) is 8.81. The molecule has 0 saturated heterocycles. The Morgan fingerprint density at radius 3 is 2.78 bits per heavy atom. The zero-order chi connectivity index (χ0) is 12.4. The Labute approximate surface area is 119 Å². The third-order valence-electron chi connectivity index (χ3n) is 4.44. The molecule has 1 heterocycles. The van der Waals surface area contributed by atoms with Crippen LogP contribution in [0, 0.1) is 11.8 Å². The second-order valence-electron chi connectivity index (χ2n) is 5.87. The minimum atomic E-state index is 0.778. The molecule has 0 spiro atoms. The Balaban J connectivity index is 1.39. The summed E-state index contributed by atoms with van der Waals surface area (Å²) in [6, 6.07) is 4.94. The molecule has 0 radical (unpaired) electrons. The molecule has 2 fully saturated rings. The van der Waals surface area contributed by atoms with E-state index < -0.39 is 0 Å². The molecule has 1 aromatic heterocycles. The van der Waals surface area contributed by atoms with Gasteiger partial charge in [0, 0.05) is 17.5 Å². The summed E-state index contributed by atoms with van der Waals surface area (Å²) in [6.45, 7) is 1.11. The zero-order valence-electron chi connectivity index (χ0n) is 10.8. The Morgan fingerprint density at radius 2 is 2.06 bits per heavy atom. The van der Waals surface area contributed by atoms with Crippen LogP contribution in [0.15, 0.2) is 12.1 Å². The molecule has 2 saturated carbocycles. The number of hydrogen-bond donors (Lipinski definition) is 1. The van der Waals surface area contributed by atoms with Gasteiger partial charge in [-0.1, -0.05) is 24.4 Å². The van der Waals surface area contributed by atoms with E-state index in [4.69, 9.17) is 11.6 Å². The smallest absolute Gasteiger partial charge is 0.0931 e. The molecule has 0 aliphatic heterocycles. The highest BCUT2D eigenvalue weighted by Gasteiger charge is 2.34. The molecule has 0 amide bonds.